The van der Waals surface area contributed by atoms with Crippen molar-refractivity contribution in [3.05, 3.63) is 53.3 Å². The van der Waals surface area contributed by atoms with Crippen molar-refractivity contribution < 1.29 is 19.1 Å². The van der Waals surface area contributed by atoms with E-state index >= 15 is 0 Å². The van der Waals surface area contributed by atoms with Gasteiger partial charge in [0.25, 0.3) is 5.91 Å². The number of hydrogen-bond donors (Lipinski definition) is 0. The number of anilines is 1. The van der Waals surface area contributed by atoms with Gasteiger partial charge in [-0.2, -0.15) is 5.26 Å². The van der Waals surface area contributed by atoms with Crippen LogP contribution in [-0.2, 0) is 16.0 Å². The van der Waals surface area contributed by atoms with E-state index in [-0.39, 0.29) is 36.0 Å². The molecular formula is C23H21N5O4. The highest BCUT2D eigenvalue weighted by molar-refractivity contribution is 6.22. The number of aryl methyl sites for hydroxylation is 1. The van der Waals surface area contributed by atoms with Crippen LogP contribution >= 0.6 is 0 Å². The molecule has 3 aliphatic rings. The monoisotopic (exact) mass is 431 g/mol. The van der Waals surface area contributed by atoms with Crippen LogP contribution < -0.4 is 9.64 Å². The average Bonchev–Trinajstić information content (AvgIpc) is 3.45. The summed E-state index contributed by atoms with van der Waals surface area (Å²) in [5.41, 5.74) is 2.03. The van der Waals surface area contributed by atoms with Crippen molar-refractivity contribution in [3.8, 4) is 11.8 Å². The minimum absolute atomic E-state index is 0.0695. The molecule has 162 valence electrons. The average molecular weight is 431 g/mol. The number of carbonyl (C=O) groups excluding carboxylic acids is 3. The number of hydrogen-bond acceptors (Lipinski definition) is 6. The number of benzene rings is 1. The number of ether oxygens (including phenoxy) is 1. The Morgan fingerprint density at radius 1 is 1.31 bits per heavy atom. The van der Waals surface area contributed by atoms with E-state index in [1.54, 1.807) is 29.9 Å². The molecule has 0 saturated carbocycles. The van der Waals surface area contributed by atoms with Gasteiger partial charge in [0.05, 0.1) is 37.5 Å². The lowest BCUT2D eigenvalue weighted by Gasteiger charge is -2.35. The molecule has 4 amide bonds. The predicted molar refractivity (Wildman–Crippen MR) is 113 cm³/mol. The van der Waals surface area contributed by atoms with Gasteiger partial charge in [0.2, 0.25) is 5.91 Å². The highest BCUT2D eigenvalue weighted by Crippen LogP contribution is 2.42. The Morgan fingerprint density at radius 3 is 2.84 bits per heavy atom. The number of carbonyl (C=O) groups is 3. The number of piperazine rings is 1. The summed E-state index contributed by atoms with van der Waals surface area (Å²) in [5, 5.41) is 9.09. The molecule has 3 aliphatic heterocycles. The van der Waals surface area contributed by atoms with Crippen molar-refractivity contribution in [1.82, 2.24) is 14.8 Å². The maximum absolute atomic E-state index is 13.3. The Kier molecular flexibility index (Phi) is 4.59. The molecule has 0 spiro atoms. The van der Waals surface area contributed by atoms with Crippen LogP contribution in [-0.4, -0.2) is 64.4 Å². The Balaban J connectivity index is 1.37. The molecule has 0 radical (unpaired) electrons. The van der Waals surface area contributed by atoms with Crippen LogP contribution in [0.25, 0.3) is 0 Å². The molecule has 1 aromatic heterocycles. The highest BCUT2D eigenvalue weighted by Gasteiger charge is 2.62. The first-order valence-electron chi connectivity index (χ1n) is 10.4. The molecule has 3 saturated heterocycles. The summed E-state index contributed by atoms with van der Waals surface area (Å²) < 4.78 is 5.23. The van der Waals surface area contributed by atoms with Gasteiger partial charge in [-0.05, 0) is 42.7 Å². The standard InChI is InChI=1S/C23H21N5O4/c1-13-6-15(11-25-18(13)10-24)28-22(30)21-19-9-16(27(21)23(28)31)12-26(19)20(29)8-14-4-3-5-17(7-14)32-2/h3-7,11,16,19,21H,8-9,12H2,1-2H3/t16-,19?,21-/m1/s1. The summed E-state index contributed by atoms with van der Waals surface area (Å²) in [6, 6.07) is 9.35. The summed E-state index contributed by atoms with van der Waals surface area (Å²) in [7, 11) is 1.58. The minimum Gasteiger partial charge on any atom is -0.497 e. The second-order valence-electron chi connectivity index (χ2n) is 8.31. The lowest BCUT2D eigenvalue weighted by molar-refractivity contribution is -0.135. The van der Waals surface area contributed by atoms with Gasteiger partial charge in [0, 0.05) is 6.54 Å². The highest BCUT2D eigenvalue weighted by atomic mass is 16.5. The SMILES string of the molecule is COc1cccc(CC(=O)N2C[C@H]3CC2[C@@H]2C(=O)N(c4cnc(C#N)c(C)c4)C(=O)N32)c1. The lowest BCUT2D eigenvalue weighted by atomic mass is 10.1. The quantitative estimate of drug-likeness (QED) is 0.681. The van der Waals surface area contributed by atoms with Gasteiger partial charge in [-0.3, -0.25) is 9.59 Å². The first kappa shape index (κ1) is 20.0. The summed E-state index contributed by atoms with van der Waals surface area (Å²) in [5.74, 6) is 0.259. The molecule has 2 bridgehead atoms. The molecule has 5 rings (SSSR count). The van der Waals surface area contributed by atoms with E-state index in [1.807, 2.05) is 30.3 Å². The molecule has 1 aromatic carbocycles. The molecule has 3 fully saturated rings. The van der Waals surface area contributed by atoms with Gasteiger partial charge in [-0.1, -0.05) is 12.1 Å². The third kappa shape index (κ3) is 2.91. The first-order chi connectivity index (χ1) is 15.4. The number of imide groups is 1. The number of nitriles is 1. The topological polar surface area (TPSA) is 107 Å². The molecule has 1 unspecified atom stereocenters. The third-order valence-corrected chi connectivity index (χ3v) is 6.50. The van der Waals surface area contributed by atoms with E-state index < -0.39 is 12.1 Å². The minimum atomic E-state index is -0.688. The second-order valence-corrected chi connectivity index (χ2v) is 8.31. The smallest absolute Gasteiger partial charge is 0.332 e. The number of methoxy groups -OCH3 is 1. The lowest BCUT2D eigenvalue weighted by Crippen LogP contribution is -2.55. The fourth-order valence-corrected chi connectivity index (χ4v) is 5.04. The number of fused-ring (bicyclic) bond motifs is 5. The number of amides is 4. The maximum Gasteiger partial charge on any atom is 0.332 e. The van der Waals surface area contributed by atoms with Gasteiger partial charge in [0.15, 0.2) is 0 Å². The number of aromatic nitrogens is 1. The largest absolute Gasteiger partial charge is 0.497 e. The van der Waals surface area contributed by atoms with Crippen molar-refractivity contribution in [3.63, 3.8) is 0 Å². The van der Waals surface area contributed by atoms with Gasteiger partial charge >= 0.3 is 6.03 Å². The van der Waals surface area contributed by atoms with Crippen molar-refractivity contribution in [2.45, 2.75) is 37.9 Å². The molecule has 4 heterocycles. The molecule has 2 aromatic rings. The molecular weight excluding hydrogens is 410 g/mol. The normalized spacial score (nSPS) is 23.5. The van der Waals surface area contributed by atoms with Crippen molar-refractivity contribution in [2.24, 2.45) is 0 Å². The molecule has 3 atom stereocenters. The van der Waals surface area contributed by atoms with Crippen LogP contribution in [0, 0.1) is 18.3 Å². The Hall–Kier alpha value is -3.93. The van der Waals surface area contributed by atoms with Gasteiger partial charge in [-0.15, -0.1) is 0 Å². The second kappa shape index (κ2) is 7.34. The van der Waals surface area contributed by atoms with Crippen molar-refractivity contribution >= 4 is 23.5 Å². The van der Waals surface area contributed by atoms with E-state index in [0.29, 0.717) is 30.0 Å². The number of pyridine rings is 1. The van der Waals surface area contributed by atoms with Crippen LogP contribution in [0.4, 0.5) is 10.5 Å². The third-order valence-electron chi connectivity index (χ3n) is 6.50. The van der Waals surface area contributed by atoms with Crippen LogP contribution in [0.15, 0.2) is 36.5 Å². The number of likely N-dealkylation sites (tertiary alicyclic amines) is 1. The summed E-state index contributed by atoms with van der Waals surface area (Å²) in [4.78, 5) is 48.0. The maximum atomic E-state index is 13.3. The fourth-order valence-electron chi connectivity index (χ4n) is 5.04. The number of rotatable bonds is 4. The summed E-state index contributed by atoms with van der Waals surface area (Å²) in [6.45, 7) is 2.13. The molecule has 32 heavy (non-hydrogen) atoms. The number of nitrogens with zero attached hydrogens (tertiary/aromatic N) is 5. The molecule has 0 N–H and O–H groups in total. The van der Waals surface area contributed by atoms with Crippen molar-refractivity contribution in [2.75, 3.05) is 18.6 Å². The Morgan fingerprint density at radius 2 is 2.12 bits per heavy atom. The van der Waals surface area contributed by atoms with E-state index in [0.717, 1.165) is 10.5 Å². The molecule has 9 nitrogen and oxygen atoms in total. The van der Waals surface area contributed by atoms with Crippen molar-refractivity contribution in [1.29, 1.82) is 5.26 Å². The Labute approximate surface area is 184 Å². The van der Waals surface area contributed by atoms with E-state index in [4.69, 9.17) is 10.00 Å². The summed E-state index contributed by atoms with van der Waals surface area (Å²) >= 11 is 0. The molecule has 0 aliphatic carbocycles. The predicted octanol–water partition coefficient (Wildman–Crippen LogP) is 1.63. The van der Waals surface area contributed by atoms with Crippen LogP contribution in [0.5, 0.6) is 5.75 Å². The zero-order chi connectivity index (χ0) is 22.6. The zero-order valence-corrected chi connectivity index (χ0v) is 17.7. The van der Waals surface area contributed by atoms with E-state index in [2.05, 4.69) is 4.98 Å². The Bertz CT molecular complexity index is 1190. The first-order valence-corrected chi connectivity index (χ1v) is 10.4. The van der Waals surface area contributed by atoms with Gasteiger partial charge in [-0.25, -0.2) is 14.7 Å². The molecule has 9 heteroatoms. The van der Waals surface area contributed by atoms with E-state index in [9.17, 15) is 14.4 Å². The summed E-state index contributed by atoms with van der Waals surface area (Å²) in [6.07, 6.45) is 2.18. The van der Waals surface area contributed by atoms with Crippen LogP contribution in [0.2, 0.25) is 0 Å². The fraction of sp³-hybridized carbons (Fsp3) is 0.348. The van der Waals surface area contributed by atoms with E-state index in [1.165, 1.54) is 6.20 Å². The van der Waals surface area contributed by atoms with Gasteiger partial charge in [0.1, 0.15) is 23.6 Å². The number of urea groups is 1. The van der Waals surface area contributed by atoms with Gasteiger partial charge < -0.3 is 14.5 Å². The zero-order valence-electron chi connectivity index (χ0n) is 17.7. The van der Waals surface area contributed by atoms with Crippen LogP contribution in [0.1, 0.15) is 23.2 Å². The van der Waals surface area contributed by atoms with Crippen LogP contribution in [0.3, 0.4) is 0 Å².